The lowest BCUT2D eigenvalue weighted by Crippen LogP contribution is -2.57. The molecule has 4 rings (SSSR count). The standard InChI is InChI=1S/C29H33N5O4/c1-5-38-28(37)20-14-21(15-20)31-27(36)25(29(2,3)4)32-26(35)24-22-8-6-7-9-23(22)34(33-24)17-19-12-10-18(16-30)11-13-19/h6-13,20-21,25H,5,14-15,17H2,1-4H3,(H,31,36)(H,32,35)/t20-,21+,25-/m1/s1. The number of carbonyl (C=O) groups excluding carboxylic acids is 3. The lowest BCUT2D eigenvalue weighted by atomic mass is 9.79. The van der Waals surface area contributed by atoms with E-state index >= 15 is 0 Å². The molecule has 198 valence electrons. The molecule has 0 unspecified atom stereocenters. The number of rotatable bonds is 8. The van der Waals surface area contributed by atoms with Crippen molar-refractivity contribution in [3.8, 4) is 6.07 Å². The van der Waals surface area contributed by atoms with Crippen LogP contribution in [0, 0.1) is 22.7 Å². The van der Waals surface area contributed by atoms with Gasteiger partial charge in [-0.15, -0.1) is 0 Å². The molecule has 38 heavy (non-hydrogen) atoms. The maximum absolute atomic E-state index is 13.5. The molecule has 1 atom stereocenters. The Bertz CT molecular complexity index is 1370. The number of esters is 1. The van der Waals surface area contributed by atoms with E-state index < -0.39 is 17.4 Å². The summed E-state index contributed by atoms with van der Waals surface area (Å²) >= 11 is 0. The third-order valence-corrected chi connectivity index (χ3v) is 6.80. The summed E-state index contributed by atoms with van der Waals surface area (Å²) in [5.74, 6) is -1.16. The van der Waals surface area contributed by atoms with Gasteiger partial charge in [0.2, 0.25) is 5.91 Å². The second-order valence-corrected chi connectivity index (χ2v) is 10.7. The number of fused-ring (bicyclic) bond motifs is 1. The Kier molecular flexibility index (Phi) is 7.81. The maximum atomic E-state index is 13.5. The van der Waals surface area contributed by atoms with Crippen LogP contribution >= 0.6 is 0 Å². The monoisotopic (exact) mass is 515 g/mol. The van der Waals surface area contributed by atoms with Crippen LogP contribution in [-0.2, 0) is 20.9 Å². The Morgan fingerprint density at radius 2 is 1.82 bits per heavy atom. The predicted octanol–water partition coefficient (Wildman–Crippen LogP) is 3.56. The van der Waals surface area contributed by atoms with Crippen molar-refractivity contribution in [3.63, 3.8) is 0 Å². The van der Waals surface area contributed by atoms with Gasteiger partial charge in [0.25, 0.3) is 5.91 Å². The second kappa shape index (κ2) is 11.1. The number of benzene rings is 2. The molecule has 1 saturated carbocycles. The fourth-order valence-electron chi connectivity index (χ4n) is 4.62. The summed E-state index contributed by atoms with van der Waals surface area (Å²) in [4.78, 5) is 38.6. The number of nitrogens with zero attached hydrogens (tertiary/aromatic N) is 3. The third-order valence-electron chi connectivity index (χ3n) is 6.80. The van der Waals surface area contributed by atoms with E-state index in [4.69, 9.17) is 10.00 Å². The lowest BCUT2D eigenvalue weighted by molar-refractivity contribution is -0.152. The van der Waals surface area contributed by atoms with Crippen molar-refractivity contribution in [2.24, 2.45) is 11.3 Å². The Labute approximate surface area is 222 Å². The van der Waals surface area contributed by atoms with E-state index in [0.717, 1.165) is 11.1 Å². The molecule has 2 N–H and O–H groups in total. The molecule has 0 bridgehead atoms. The molecular weight excluding hydrogens is 482 g/mol. The molecule has 0 spiro atoms. The molecule has 1 fully saturated rings. The molecular formula is C29H33N5O4. The molecule has 1 aromatic heterocycles. The van der Waals surface area contributed by atoms with Crippen molar-refractivity contribution in [1.29, 1.82) is 5.26 Å². The van der Waals surface area contributed by atoms with Gasteiger partial charge in [0.05, 0.1) is 36.2 Å². The van der Waals surface area contributed by atoms with Crippen LogP contribution in [0.1, 0.15) is 62.2 Å². The molecule has 0 radical (unpaired) electrons. The average molecular weight is 516 g/mol. The summed E-state index contributed by atoms with van der Waals surface area (Å²) in [6.45, 7) is 8.20. The number of carbonyl (C=O) groups is 3. The fourth-order valence-corrected chi connectivity index (χ4v) is 4.62. The first-order valence-electron chi connectivity index (χ1n) is 12.8. The van der Waals surface area contributed by atoms with Crippen molar-refractivity contribution < 1.29 is 19.1 Å². The number of aromatic nitrogens is 2. The quantitative estimate of drug-likeness (QED) is 0.442. The van der Waals surface area contributed by atoms with Gasteiger partial charge in [-0.3, -0.25) is 19.1 Å². The third kappa shape index (κ3) is 5.86. The molecule has 1 heterocycles. The highest BCUT2D eigenvalue weighted by molar-refractivity contribution is 6.06. The van der Waals surface area contributed by atoms with Crippen LogP contribution in [0.5, 0.6) is 0 Å². The summed E-state index contributed by atoms with van der Waals surface area (Å²) in [7, 11) is 0. The van der Waals surface area contributed by atoms with Crippen LogP contribution in [-0.4, -0.2) is 46.3 Å². The maximum Gasteiger partial charge on any atom is 0.309 e. The van der Waals surface area contributed by atoms with Gasteiger partial charge < -0.3 is 15.4 Å². The van der Waals surface area contributed by atoms with Crippen molar-refractivity contribution in [1.82, 2.24) is 20.4 Å². The highest BCUT2D eigenvalue weighted by Crippen LogP contribution is 2.30. The SMILES string of the molecule is CCOC(=O)[C@H]1C[C@@H](NC(=O)[C@@H](NC(=O)c2nn(Cc3ccc(C#N)cc3)c3ccccc23)C(C)(C)C)C1. The van der Waals surface area contributed by atoms with E-state index in [-0.39, 0.29) is 29.5 Å². The number of hydrogen-bond donors (Lipinski definition) is 2. The van der Waals surface area contributed by atoms with Crippen LogP contribution in [0.4, 0.5) is 0 Å². The van der Waals surface area contributed by atoms with Crippen molar-refractivity contribution >= 4 is 28.7 Å². The number of para-hydroxylation sites is 1. The average Bonchev–Trinajstić information content (AvgIpc) is 3.22. The zero-order chi connectivity index (χ0) is 27.4. The number of hydrogen-bond acceptors (Lipinski definition) is 6. The zero-order valence-corrected chi connectivity index (χ0v) is 22.2. The van der Waals surface area contributed by atoms with Crippen LogP contribution in [0.25, 0.3) is 10.9 Å². The van der Waals surface area contributed by atoms with E-state index in [2.05, 4.69) is 21.8 Å². The summed E-state index contributed by atoms with van der Waals surface area (Å²) < 4.78 is 6.81. The molecule has 9 nitrogen and oxygen atoms in total. The van der Waals surface area contributed by atoms with Gasteiger partial charge in [0.1, 0.15) is 6.04 Å². The summed E-state index contributed by atoms with van der Waals surface area (Å²) in [6.07, 6.45) is 1.06. The molecule has 0 saturated heterocycles. The van der Waals surface area contributed by atoms with Gasteiger partial charge in [-0.2, -0.15) is 10.4 Å². The van der Waals surface area contributed by atoms with Crippen LogP contribution in [0.3, 0.4) is 0 Å². The fraction of sp³-hybridized carbons (Fsp3) is 0.414. The smallest absolute Gasteiger partial charge is 0.309 e. The van der Waals surface area contributed by atoms with E-state index in [1.54, 1.807) is 23.7 Å². The largest absolute Gasteiger partial charge is 0.466 e. The van der Waals surface area contributed by atoms with Gasteiger partial charge in [0, 0.05) is 11.4 Å². The Morgan fingerprint density at radius 1 is 1.13 bits per heavy atom. The predicted molar refractivity (Wildman–Crippen MR) is 142 cm³/mol. The minimum atomic E-state index is -0.806. The molecule has 1 aliphatic rings. The zero-order valence-electron chi connectivity index (χ0n) is 22.2. The van der Waals surface area contributed by atoms with Crippen LogP contribution in [0.2, 0.25) is 0 Å². The Morgan fingerprint density at radius 3 is 2.45 bits per heavy atom. The van der Waals surface area contributed by atoms with Crippen LogP contribution < -0.4 is 10.6 Å². The first-order valence-corrected chi connectivity index (χ1v) is 12.8. The van der Waals surface area contributed by atoms with Crippen molar-refractivity contribution in [2.75, 3.05) is 6.61 Å². The normalized spacial score (nSPS) is 17.7. The topological polar surface area (TPSA) is 126 Å². The molecule has 1 aliphatic carbocycles. The number of amides is 2. The van der Waals surface area contributed by atoms with Gasteiger partial charge in [-0.25, -0.2) is 0 Å². The molecule has 2 aromatic carbocycles. The highest BCUT2D eigenvalue weighted by Gasteiger charge is 2.40. The van der Waals surface area contributed by atoms with E-state index in [1.807, 2.05) is 57.2 Å². The minimum Gasteiger partial charge on any atom is -0.466 e. The highest BCUT2D eigenvalue weighted by atomic mass is 16.5. The first-order chi connectivity index (χ1) is 18.1. The summed E-state index contributed by atoms with van der Waals surface area (Å²) in [6, 6.07) is 15.9. The molecule has 9 heteroatoms. The molecule has 0 aliphatic heterocycles. The van der Waals surface area contributed by atoms with E-state index in [1.165, 1.54) is 0 Å². The lowest BCUT2D eigenvalue weighted by Gasteiger charge is -2.37. The van der Waals surface area contributed by atoms with Crippen molar-refractivity contribution in [2.45, 2.75) is 59.2 Å². The molecule has 2 amide bonds. The first kappa shape index (κ1) is 26.9. The van der Waals surface area contributed by atoms with Gasteiger partial charge in [-0.05, 0) is 48.9 Å². The van der Waals surface area contributed by atoms with Gasteiger partial charge in [0.15, 0.2) is 5.69 Å². The van der Waals surface area contributed by atoms with Gasteiger partial charge >= 0.3 is 5.97 Å². The summed E-state index contributed by atoms with van der Waals surface area (Å²) in [5.41, 5.74) is 1.98. The minimum absolute atomic E-state index is 0.133. The molecule has 3 aromatic rings. The Hall–Kier alpha value is -4.19. The summed E-state index contributed by atoms with van der Waals surface area (Å²) in [5, 5.41) is 20.2. The van der Waals surface area contributed by atoms with E-state index in [0.29, 0.717) is 36.9 Å². The van der Waals surface area contributed by atoms with Crippen molar-refractivity contribution in [3.05, 3.63) is 65.4 Å². The number of nitriles is 1. The Balaban J connectivity index is 1.50. The number of ether oxygens (including phenoxy) is 1. The second-order valence-electron chi connectivity index (χ2n) is 10.7. The van der Waals surface area contributed by atoms with Crippen LogP contribution in [0.15, 0.2) is 48.5 Å². The number of nitrogens with one attached hydrogen (secondary N) is 2. The van der Waals surface area contributed by atoms with Gasteiger partial charge in [-0.1, -0.05) is 51.1 Å². The van der Waals surface area contributed by atoms with E-state index in [9.17, 15) is 14.4 Å².